The second-order valence-corrected chi connectivity index (χ2v) is 5.82. The number of rotatable bonds is 4. The van der Waals surface area contributed by atoms with Crippen molar-refractivity contribution in [1.82, 2.24) is 4.90 Å². The summed E-state index contributed by atoms with van der Waals surface area (Å²) in [6, 6.07) is 6.50. The van der Waals surface area contributed by atoms with Gasteiger partial charge in [-0.3, -0.25) is 4.90 Å². The van der Waals surface area contributed by atoms with Crippen LogP contribution in [0, 0.1) is 0 Å². The third kappa shape index (κ3) is 2.53. The van der Waals surface area contributed by atoms with Crippen LogP contribution in [0.1, 0.15) is 24.4 Å². The van der Waals surface area contributed by atoms with E-state index in [9.17, 15) is 0 Å². The summed E-state index contributed by atoms with van der Waals surface area (Å²) < 4.78 is 11.4. The van der Waals surface area contributed by atoms with Gasteiger partial charge in [0.15, 0.2) is 0 Å². The van der Waals surface area contributed by atoms with E-state index in [0.717, 1.165) is 29.5 Å². The average molecular weight is 297 g/mol. The van der Waals surface area contributed by atoms with Gasteiger partial charge < -0.3 is 15.2 Å². The maximum absolute atomic E-state index is 6.45. The van der Waals surface area contributed by atoms with Crippen molar-refractivity contribution in [2.45, 2.75) is 31.0 Å². The maximum Gasteiger partial charge on any atom is 0.125 e. The van der Waals surface area contributed by atoms with Gasteiger partial charge in [-0.1, -0.05) is 17.7 Å². The monoisotopic (exact) mass is 296 g/mol. The quantitative estimate of drug-likeness (QED) is 0.925. The number of ether oxygens (including phenoxy) is 2. The second-order valence-electron chi connectivity index (χ2n) is 5.41. The van der Waals surface area contributed by atoms with E-state index in [2.05, 4.69) is 4.90 Å². The molecule has 0 aromatic heterocycles. The number of benzene rings is 1. The van der Waals surface area contributed by atoms with E-state index in [4.69, 9.17) is 26.8 Å². The summed E-state index contributed by atoms with van der Waals surface area (Å²) in [6.07, 6.45) is 2.47. The van der Waals surface area contributed by atoms with Crippen molar-refractivity contribution < 1.29 is 9.47 Å². The van der Waals surface area contributed by atoms with Gasteiger partial charge in [0, 0.05) is 29.7 Å². The van der Waals surface area contributed by atoms with Crippen LogP contribution in [0.2, 0.25) is 5.02 Å². The van der Waals surface area contributed by atoms with Gasteiger partial charge in [0.2, 0.25) is 0 Å². The van der Waals surface area contributed by atoms with Crippen LogP contribution in [0.25, 0.3) is 0 Å². The Balaban J connectivity index is 2.02. The van der Waals surface area contributed by atoms with Crippen molar-refractivity contribution in [3.63, 3.8) is 0 Å². The lowest BCUT2D eigenvalue weighted by Crippen LogP contribution is -2.49. The summed E-state index contributed by atoms with van der Waals surface area (Å²) in [5.74, 6) is 0.817. The molecule has 1 aromatic rings. The standard InChI is InChI=1S/C15H21ClN2O2/c1-19-12-4-2-3-11(16)14(12)15-13(9-17)20-8-7-18(15)10-5-6-10/h2-4,10,13,15H,5-9,17H2,1H3. The molecule has 0 bridgehead atoms. The number of methoxy groups -OCH3 is 1. The molecule has 1 aliphatic heterocycles. The van der Waals surface area contributed by atoms with Crippen molar-refractivity contribution in [3.05, 3.63) is 28.8 Å². The van der Waals surface area contributed by atoms with E-state index in [0.29, 0.717) is 12.6 Å². The molecular formula is C15H21ClN2O2. The molecule has 20 heavy (non-hydrogen) atoms. The fourth-order valence-corrected chi connectivity index (χ4v) is 3.38. The van der Waals surface area contributed by atoms with Crippen LogP contribution in [0.3, 0.4) is 0 Å². The SMILES string of the molecule is COc1cccc(Cl)c1C1C(CN)OCCN1C1CC1. The Morgan fingerprint density at radius 2 is 2.25 bits per heavy atom. The average Bonchev–Trinajstić information content (AvgIpc) is 3.31. The Morgan fingerprint density at radius 1 is 1.45 bits per heavy atom. The summed E-state index contributed by atoms with van der Waals surface area (Å²) >= 11 is 6.45. The molecule has 5 heteroatoms. The summed E-state index contributed by atoms with van der Waals surface area (Å²) in [6.45, 7) is 2.16. The summed E-state index contributed by atoms with van der Waals surface area (Å²) in [7, 11) is 1.68. The Labute approximate surface area is 124 Å². The minimum absolute atomic E-state index is 0.0295. The molecular weight excluding hydrogens is 276 g/mol. The number of nitrogens with two attached hydrogens (primary N) is 1. The minimum Gasteiger partial charge on any atom is -0.496 e. The van der Waals surface area contributed by atoms with Crippen LogP contribution < -0.4 is 10.5 Å². The molecule has 0 amide bonds. The molecule has 2 N–H and O–H groups in total. The molecule has 1 saturated carbocycles. The van der Waals surface area contributed by atoms with E-state index in [1.165, 1.54) is 12.8 Å². The molecule has 2 fully saturated rings. The topological polar surface area (TPSA) is 47.7 Å². The third-order valence-corrected chi connectivity index (χ3v) is 4.50. The Morgan fingerprint density at radius 3 is 2.90 bits per heavy atom. The van der Waals surface area contributed by atoms with Crippen molar-refractivity contribution in [2.24, 2.45) is 5.73 Å². The molecule has 1 aromatic carbocycles. The van der Waals surface area contributed by atoms with E-state index < -0.39 is 0 Å². The largest absolute Gasteiger partial charge is 0.496 e. The number of hydrogen-bond donors (Lipinski definition) is 1. The predicted molar refractivity (Wildman–Crippen MR) is 79.3 cm³/mol. The van der Waals surface area contributed by atoms with Gasteiger partial charge in [0.05, 0.1) is 25.9 Å². The summed E-state index contributed by atoms with van der Waals surface area (Å²) in [4.78, 5) is 2.49. The lowest BCUT2D eigenvalue weighted by molar-refractivity contribution is -0.0717. The summed E-state index contributed by atoms with van der Waals surface area (Å²) in [5, 5.41) is 0.726. The van der Waals surface area contributed by atoms with E-state index in [1.54, 1.807) is 7.11 Å². The van der Waals surface area contributed by atoms with E-state index in [-0.39, 0.29) is 12.1 Å². The van der Waals surface area contributed by atoms with Crippen molar-refractivity contribution in [2.75, 3.05) is 26.8 Å². The highest BCUT2D eigenvalue weighted by molar-refractivity contribution is 6.31. The van der Waals surface area contributed by atoms with Crippen molar-refractivity contribution in [1.29, 1.82) is 0 Å². The molecule has 4 nitrogen and oxygen atoms in total. The molecule has 2 aliphatic rings. The molecule has 0 radical (unpaired) electrons. The minimum atomic E-state index is -0.0295. The lowest BCUT2D eigenvalue weighted by atomic mass is 9.96. The van der Waals surface area contributed by atoms with Crippen LogP contribution in [-0.4, -0.2) is 43.9 Å². The predicted octanol–water partition coefficient (Wildman–Crippen LogP) is 2.21. The van der Waals surface area contributed by atoms with Crippen LogP contribution >= 0.6 is 11.6 Å². The first kappa shape index (κ1) is 14.1. The number of nitrogens with zero attached hydrogens (tertiary/aromatic N) is 1. The smallest absolute Gasteiger partial charge is 0.125 e. The zero-order chi connectivity index (χ0) is 14.1. The molecule has 1 saturated heterocycles. The lowest BCUT2D eigenvalue weighted by Gasteiger charge is -2.42. The van der Waals surface area contributed by atoms with E-state index in [1.807, 2.05) is 18.2 Å². The highest BCUT2D eigenvalue weighted by Crippen LogP contribution is 2.44. The van der Waals surface area contributed by atoms with Crippen LogP contribution in [-0.2, 0) is 4.74 Å². The zero-order valence-electron chi connectivity index (χ0n) is 11.7. The van der Waals surface area contributed by atoms with Gasteiger partial charge in [-0.25, -0.2) is 0 Å². The summed E-state index contributed by atoms with van der Waals surface area (Å²) in [5.41, 5.74) is 6.93. The number of morpholine rings is 1. The van der Waals surface area contributed by atoms with Crippen molar-refractivity contribution >= 4 is 11.6 Å². The molecule has 110 valence electrons. The van der Waals surface area contributed by atoms with Gasteiger partial charge >= 0.3 is 0 Å². The van der Waals surface area contributed by atoms with E-state index >= 15 is 0 Å². The van der Waals surface area contributed by atoms with Gasteiger partial charge in [0.1, 0.15) is 5.75 Å². The van der Waals surface area contributed by atoms with Crippen LogP contribution in [0.5, 0.6) is 5.75 Å². The maximum atomic E-state index is 6.45. The van der Waals surface area contributed by atoms with Gasteiger partial charge in [-0.05, 0) is 25.0 Å². The Hall–Kier alpha value is -0.810. The molecule has 0 spiro atoms. The normalized spacial score (nSPS) is 27.6. The van der Waals surface area contributed by atoms with Gasteiger partial charge in [-0.15, -0.1) is 0 Å². The fourth-order valence-electron chi connectivity index (χ4n) is 3.10. The zero-order valence-corrected chi connectivity index (χ0v) is 12.5. The first-order valence-corrected chi connectivity index (χ1v) is 7.54. The van der Waals surface area contributed by atoms with Gasteiger partial charge in [-0.2, -0.15) is 0 Å². The number of hydrogen-bond acceptors (Lipinski definition) is 4. The first-order valence-electron chi connectivity index (χ1n) is 7.16. The Kier molecular flexibility index (Phi) is 4.17. The fraction of sp³-hybridized carbons (Fsp3) is 0.600. The Bertz CT molecular complexity index is 479. The highest BCUT2D eigenvalue weighted by atomic mass is 35.5. The number of halogens is 1. The molecule has 2 atom stereocenters. The van der Waals surface area contributed by atoms with Gasteiger partial charge in [0.25, 0.3) is 0 Å². The van der Waals surface area contributed by atoms with Crippen molar-refractivity contribution in [3.8, 4) is 5.75 Å². The molecule has 1 heterocycles. The first-order chi connectivity index (χ1) is 9.76. The second kappa shape index (κ2) is 5.90. The van der Waals surface area contributed by atoms with Crippen LogP contribution in [0.4, 0.5) is 0 Å². The molecule has 1 aliphatic carbocycles. The molecule has 2 unspecified atom stereocenters. The molecule has 3 rings (SSSR count). The third-order valence-electron chi connectivity index (χ3n) is 4.17. The highest BCUT2D eigenvalue weighted by Gasteiger charge is 2.42. The van der Waals surface area contributed by atoms with Crippen LogP contribution in [0.15, 0.2) is 18.2 Å².